The van der Waals surface area contributed by atoms with Crippen LogP contribution < -0.4 is 4.74 Å². The second kappa shape index (κ2) is 12.6. The highest BCUT2D eigenvalue weighted by Crippen LogP contribution is 2.31. The third-order valence-electron chi connectivity index (χ3n) is 6.52. The molecule has 1 aliphatic rings. The molecule has 5 rings (SSSR count). The van der Waals surface area contributed by atoms with Gasteiger partial charge in [-0.25, -0.2) is 9.59 Å². The number of benzene rings is 4. The van der Waals surface area contributed by atoms with E-state index in [4.69, 9.17) is 18.9 Å². The van der Waals surface area contributed by atoms with Gasteiger partial charge in [-0.3, -0.25) is 0 Å². The van der Waals surface area contributed by atoms with E-state index in [1.54, 1.807) is 72.8 Å². The quantitative estimate of drug-likeness (QED) is 0.319. The van der Waals surface area contributed by atoms with Crippen LogP contribution in [-0.4, -0.2) is 59.5 Å². The standard InChI is InChI=1S/C32H28O8/c33-20-26-27(34)28(39-30(35)23-12-6-2-7-13-23)29(40-31(36)24-14-8-3-9-15-24)32(38-26)37-25-18-16-22(17-19-25)21-10-4-1-5-11-21/h1-19,26-29,32-34H,20H2/t26-,27-,28+,29+,32+/m1/s1. The number of hydrogen-bond donors (Lipinski definition) is 2. The van der Waals surface area contributed by atoms with Crippen LogP contribution in [0, 0.1) is 0 Å². The SMILES string of the molecule is O=C(O[C@@H]1[C@@H](Oc2ccc(-c3ccccc3)cc2)O[C@H](CO)[C@@H](O)[C@@H]1OC(=O)c1ccccc1)c1ccccc1. The summed E-state index contributed by atoms with van der Waals surface area (Å²) >= 11 is 0. The number of esters is 2. The molecule has 0 bridgehead atoms. The molecular weight excluding hydrogens is 512 g/mol. The van der Waals surface area contributed by atoms with Crippen molar-refractivity contribution in [2.75, 3.05) is 6.61 Å². The molecular formula is C32H28O8. The fourth-order valence-electron chi connectivity index (χ4n) is 4.42. The zero-order valence-corrected chi connectivity index (χ0v) is 21.4. The summed E-state index contributed by atoms with van der Waals surface area (Å²) in [5.74, 6) is -1.08. The maximum Gasteiger partial charge on any atom is 0.338 e. The summed E-state index contributed by atoms with van der Waals surface area (Å²) in [6.07, 6.45) is -6.77. The first kappa shape index (κ1) is 27.1. The van der Waals surface area contributed by atoms with E-state index in [0.29, 0.717) is 5.75 Å². The van der Waals surface area contributed by atoms with E-state index < -0.39 is 49.3 Å². The molecule has 0 aromatic heterocycles. The Morgan fingerprint density at radius 2 is 1.12 bits per heavy atom. The first-order chi connectivity index (χ1) is 19.5. The summed E-state index contributed by atoms with van der Waals surface area (Å²) in [5.41, 5.74) is 2.47. The lowest BCUT2D eigenvalue weighted by atomic mass is 9.98. The minimum Gasteiger partial charge on any atom is -0.461 e. The van der Waals surface area contributed by atoms with Gasteiger partial charge in [-0.15, -0.1) is 0 Å². The van der Waals surface area contributed by atoms with Crippen molar-refractivity contribution in [2.45, 2.75) is 30.7 Å². The van der Waals surface area contributed by atoms with Gasteiger partial charge in [0.05, 0.1) is 17.7 Å². The van der Waals surface area contributed by atoms with Gasteiger partial charge in [0.2, 0.25) is 12.4 Å². The van der Waals surface area contributed by atoms with Crippen molar-refractivity contribution < 1.29 is 38.7 Å². The van der Waals surface area contributed by atoms with Gasteiger partial charge in [-0.2, -0.15) is 0 Å². The molecule has 1 fully saturated rings. The Balaban J connectivity index is 1.44. The summed E-state index contributed by atoms with van der Waals surface area (Å²) in [5, 5.41) is 20.9. The molecule has 0 unspecified atom stereocenters. The molecule has 0 aliphatic carbocycles. The highest BCUT2D eigenvalue weighted by Gasteiger charge is 2.51. The van der Waals surface area contributed by atoms with E-state index in [1.807, 2.05) is 42.5 Å². The molecule has 1 saturated heterocycles. The lowest BCUT2D eigenvalue weighted by Gasteiger charge is -2.42. The molecule has 1 heterocycles. The monoisotopic (exact) mass is 540 g/mol. The molecule has 0 radical (unpaired) electrons. The molecule has 0 saturated carbocycles. The maximum atomic E-state index is 13.1. The average molecular weight is 541 g/mol. The Hall–Kier alpha value is -4.50. The van der Waals surface area contributed by atoms with Crippen LogP contribution in [0.25, 0.3) is 11.1 Å². The normalized spacial score (nSPS) is 22.2. The van der Waals surface area contributed by atoms with Crippen molar-refractivity contribution in [1.29, 1.82) is 0 Å². The van der Waals surface area contributed by atoms with E-state index in [0.717, 1.165) is 11.1 Å². The highest BCUT2D eigenvalue weighted by atomic mass is 16.7. The van der Waals surface area contributed by atoms with Gasteiger partial charge in [-0.1, -0.05) is 78.9 Å². The average Bonchev–Trinajstić information content (AvgIpc) is 3.01. The van der Waals surface area contributed by atoms with Gasteiger partial charge in [0.25, 0.3) is 0 Å². The summed E-state index contributed by atoms with van der Waals surface area (Å²) in [6.45, 7) is -0.591. The van der Waals surface area contributed by atoms with Gasteiger partial charge < -0.3 is 29.2 Å². The second-order valence-electron chi connectivity index (χ2n) is 9.20. The molecule has 8 nitrogen and oxygen atoms in total. The summed E-state index contributed by atoms with van der Waals surface area (Å²) < 4.78 is 23.4. The first-order valence-electron chi connectivity index (χ1n) is 12.8. The Kier molecular flexibility index (Phi) is 8.51. The van der Waals surface area contributed by atoms with E-state index in [9.17, 15) is 19.8 Å². The molecule has 0 amide bonds. The van der Waals surface area contributed by atoms with Crippen molar-refractivity contribution >= 4 is 11.9 Å². The lowest BCUT2D eigenvalue weighted by Crippen LogP contribution is -2.62. The fourth-order valence-corrected chi connectivity index (χ4v) is 4.42. The van der Waals surface area contributed by atoms with E-state index in [-0.39, 0.29) is 11.1 Å². The minimum atomic E-state index is -1.51. The topological polar surface area (TPSA) is 112 Å². The van der Waals surface area contributed by atoms with Gasteiger partial charge >= 0.3 is 11.9 Å². The van der Waals surface area contributed by atoms with Crippen LogP contribution in [0.1, 0.15) is 20.7 Å². The van der Waals surface area contributed by atoms with Crippen molar-refractivity contribution in [3.05, 3.63) is 126 Å². The molecule has 1 aliphatic heterocycles. The Labute approximate surface area is 231 Å². The van der Waals surface area contributed by atoms with Gasteiger partial charge in [0.1, 0.15) is 18.0 Å². The fraction of sp³-hybridized carbons (Fsp3) is 0.188. The van der Waals surface area contributed by atoms with Crippen molar-refractivity contribution in [2.24, 2.45) is 0 Å². The van der Waals surface area contributed by atoms with Gasteiger partial charge in [0, 0.05) is 0 Å². The van der Waals surface area contributed by atoms with Crippen LogP contribution in [0.5, 0.6) is 5.75 Å². The third-order valence-corrected chi connectivity index (χ3v) is 6.52. The molecule has 2 N–H and O–H groups in total. The zero-order chi connectivity index (χ0) is 27.9. The van der Waals surface area contributed by atoms with Crippen LogP contribution >= 0.6 is 0 Å². The highest BCUT2D eigenvalue weighted by molar-refractivity contribution is 5.90. The predicted molar refractivity (Wildman–Crippen MR) is 146 cm³/mol. The molecule has 40 heavy (non-hydrogen) atoms. The van der Waals surface area contributed by atoms with Crippen molar-refractivity contribution in [1.82, 2.24) is 0 Å². The van der Waals surface area contributed by atoms with Crippen LogP contribution in [0.3, 0.4) is 0 Å². The second-order valence-corrected chi connectivity index (χ2v) is 9.20. The van der Waals surface area contributed by atoms with Crippen LogP contribution in [0.15, 0.2) is 115 Å². The van der Waals surface area contributed by atoms with Gasteiger partial charge in [-0.05, 0) is 47.5 Å². The van der Waals surface area contributed by atoms with Crippen LogP contribution in [-0.2, 0) is 14.2 Å². The molecule has 4 aromatic rings. The third kappa shape index (κ3) is 6.21. The van der Waals surface area contributed by atoms with E-state index in [2.05, 4.69) is 0 Å². The molecule has 0 spiro atoms. The first-order valence-corrected chi connectivity index (χ1v) is 12.8. The molecule has 4 aromatic carbocycles. The van der Waals surface area contributed by atoms with Crippen LogP contribution in [0.2, 0.25) is 0 Å². The van der Waals surface area contributed by atoms with E-state index in [1.165, 1.54) is 0 Å². The van der Waals surface area contributed by atoms with E-state index >= 15 is 0 Å². The summed E-state index contributed by atoms with van der Waals surface area (Å²) in [7, 11) is 0. The molecule has 204 valence electrons. The van der Waals surface area contributed by atoms with Crippen molar-refractivity contribution in [3.63, 3.8) is 0 Å². The van der Waals surface area contributed by atoms with Crippen molar-refractivity contribution in [3.8, 4) is 16.9 Å². The Morgan fingerprint density at radius 3 is 1.65 bits per heavy atom. The number of carbonyl (C=O) groups is 2. The van der Waals surface area contributed by atoms with Crippen LogP contribution in [0.4, 0.5) is 0 Å². The molecule has 5 atom stereocenters. The number of carbonyl (C=O) groups excluding carboxylic acids is 2. The molecule has 8 heteroatoms. The Morgan fingerprint density at radius 1 is 0.650 bits per heavy atom. The number of hydrogen-bond acceptors (Lipinski definition) is 8. The van der Waals surface area contributed by atoms with Gasteiger partial charge in [0.15, 0.2) is 6.10 Å². The summed E-state index contributed by atoms with van der Waals surface area (Å²) in [6, 6.07) is 33.4. The summed E-state index contributed by atoms with van der Waals surface area (Å²) in [4.78, 5) is 26.0. The largest absolute Gasteiger partial charge is 0.461 e. The number of ether oxygens (including phenoxy) is 4. The lowest BCUT2D eigenvalue weighted by molar-refractivity contribution is -0.276. The maximum absolute atomic E-state index is 13.1. The minimum absolute atomic E-state index is 0.240. The number of aliphatic hydroxyl groups excluding tert-OH is 2. The zero-order valence-electron chi connectivity index (χ0n) is 21.4. The smallest absolute Gasteiger partial charge is 0.338 e. The number of aliphatic hydroxyl groups is 2. The predicted octanol–water partition coefficient (Wildman–Crippen LogP) is 4.26. The number of rotatable bonds is 8. The Bertz CT molecular complexity index is 1390.